The van der Waals surface area contributed by atoms with Crippen LogP contribution in [0.1, 0.15) is 26.2 Å². The average Bonchev–Trinajstić information content (AvgIpc) is 3.01. The van der Waals surface area contributed by atoms with Crippen molar-refractivity contribution < 1.29 is 14.7 Å². The molecule has 0 aromatic rings. The van der Waals surface area contributed by atoms with Gasteiger partial charge in [-0.05, 0) is 32.3 Å². The third-order valence-corrected chi connectivity index (χ3v) is 4.24. The summed E-state index contributed by atoms with van der Waals surface area (Å²) < 4.78 is 0. The lowest BCUT2D eigenvalue weighted by molar-refractivity contribution is -0.127. The van der Waals surface area contributed by atoms with Gasteiger partial charge in [0.1, 0.15) is 5.70 Å². The number of aliphatic hydroxyl groups is 1. The van der Waals surface area contributed by atoms with Crippen LogP contribution in [0.15, 0.2) is 11.8 Å². The quantitative estimate of drug-likeness (QED) is 0.526. The van der Waals surface area contributed by atoms with Crippen molar-refractivity contribution in [3.05, 3.63) is 11.8 Å². The van der Waals surface area contributed by atoms with Crippen LogP contribution in [0.25, 0.3) is 0 Å². The Morgan fingerprint density at radius 1 is 1.43 bits per heavy atom. The molecule has 3 aliphatic rings. The summed E-state index contributed by atoms with van der Waals surface area (Å²) in [5.41, 5.74) is 6.16. The van der Waals surface area contributed by atoms with Crippen molar-refractivity contribution in [2.24, 2.45) is 5.92 Å². The number of hydrazine groups is 1. The molecule has 2 heterocycles. The zero-order valence-corrected chi connectivity index (χ0v) is 12.1. The van der Waals surface area contributed by atoms with Crippen molar-refractivity contribution in [2.45, 2.75) is 44.4 Å². The predicted octanol–water partition coefficient (Wildman–Crippen LogP) is -1.15. The minimum absolute atomic E-state index is 0.0598. The zero-order chi connectivity index (χ0) is 15.0. The SMILES string of the molecule is CC(O)C1C=C(C(=O)N2CCC(NC(=O)C3CC3)C2)NN1. The Hall–Kier alpha value is -1.60. The molecular formula is C14H22N4O3. The van der Waals surface area contributed by atoms with E-state index in [0.717, 1.165) is 19.3 Å². The molecule has 0 aromatic heterocycles. The van der Waals surface area contributed by atoms with E-state index in [0.29, 0.717) is 18.8 Å². The first-order valence-corrected chi connectivity index (χ1v) is 7.55. The summed E-state index contributed by atoms with van der Waals surface area (Å²) in [5.74, 6) is 0.238. The molecule has 7 heteroatoms. The number of carbonyl (C=O) groups is 2. The molecular weight excluding hydrogens is 272 g/mol. The molecule has 0 aromatic carbocycles. The minimum atomic E-state index is -0.563. The Morgan fingerprint density at radius 2 is 2.19 bits per heavy atom. The lowest BCUT2D eigenvalue weighted by Crippen LogP contribution is -2.42. The van der Waals surface area contributed by atoms with Gasteiger partial charge in [0, 0.05) is 25.0 Å². The third kappa shape index (κ3) is 3.19. The van der Waals surface area contributed by atoms with Gasteiger partial charge in [0.15, 0.2) is 0 Å². The number of hydrogen-bond donors (Lipinski definition) is 4. The molecule has 4 N–H and O–H groups in total. The summed E-state index contributed by atoms with van der Waals surface area (Å²) in [6.07, 6.45) is 3.93. The average molecular weight is 294 g/mol. The number of carbonyl (C=O) groups excluding carboxylic acids is 2. The van der Waals surface area contributed by atoms with Gasteiger partial charge < -0.3 is 20.7 Å². The number of aliphatic hydroxyl groups excluding tert-OH is 1. The van der Waals surface area contributed by atoms with Crippen LogP contribution in [0.5, 0.6) is 0 Å². The Balaban J connectivity index is 1.52. The van der Waals surface area contributed by atoms with Gasteiger partial charge >= 0.3 is 0 Å². The predicted molar refractivity (Wildman–Crippen MR) is 75.7 cm³/mol. The fourth-order valence-corrected chi connectivity index (χ4v) is 2.71. The van der Waals surface area contributed by atoms with Crippen molar-refractivity contribution in [3.63, 3.8) is 0 Å². The van der Waals surface area contributed by atoms with Crippen LogP contribution in [0.2, 0.25) is 0 Å². The van der Waals surface area contributed by atoms with Gasteiger partial charge in [-0.15, -0.1) is 0 Å². The summed E-state index contributed by atoms with van der Waals surface area (Å²) >= 11 is 0. The third-order valence-electron chi connectivity index (χ3n) is 4.24. The summed E-state index contributed by atoms with van der Waals surface area (Å²) in [5, 5.41) is 12.5. The molecule has 0 bridgehead atoms. The molecule has 0 radical (unpaired) electrons. The van der Waals surface area contributed by atoms with Crippen LogP contribution in [0.3, 0.4) is 0 Å². The highest BCUT2D eigenvalue weighted by Crippen LogP contribution is 2.29. The lowest BCUT2D eigenvalue weighted by Gasteiger charge is -2.17. The summed E-state index contributed by atoms with van der Waals surface area (Å²) in [7, 11) is 0. The van der Waals surface area contributed by atoms with E-state index in [1.807, 2.05) is 0 Å². The zero-order valence-electron chi connectivity index (χ0n) is 12.1. The van der Waals surface area contributed by atoms with Crippen molar-refractivity contribution in [1.82, 2.24) is 21.1 Å². The largest absolute Gasteiger partial charge is 0.391 e. The maximum absolute atomic E-state index is 12.4. The summed E-state index contributed by atoms with van der Waals surface area (Å²) in [6.45, 7) is 2.87. The molecule has 1 saturated carbocycles. The minimum Gasteiger partial charge on any atom is -0.391 e. The Kier molecular flexibility index (Phi) is 3.86. The number of amides is 2. The molecule has 2 amide bonds. The highest BCUT2D eigenvalue weighted by molar-refractivity contribution is 5.93. The second-order valence-corrected chi connectivity index (χ2v) is 6.14. The van der Waals surface area contributed by atoms with E-state index in [1.54, 1.807) is 17.9 Å². The first-order chi connectivity index (χ1) is 10.0. The highest BCUT2D eigenvalue weighted by atomic mass is 16.3. The van der Waals surface area contributed by atoms with E-state index in [4.69, 9.17) is 0 Å². The summed E-state index contributed by atoms with van der Waals surface area (Å²) in [6, 6.07) is -0.193. The molecule has 2 fully saturated rings. The van der Waals surface area contributed by atoms with Crippen molar-refractivity contribution in [1.29, 1.82) is 0 Å². The van der Waals surface area contributed by atoms with Crippen molar-refractivity contribution in [2.75, 3.05) is 13.1 Å². The Morgan fingerprint density at radius 3 is 2.81 bits per heavy atom. The van der Waals surface area contributed by atoms with Crippen molar-refractivity contribution in [3.8, 4) is 0 Å². The fraction of sp³-hybridized carbons (Fsp3) is 0.714. The van der Waals surface area contributed by atoms with Gasteiger partial charge in [-0.2, -0.15) is 0 Å². The monoisotopic (exact) mass is 294 g/mol. The molecule has 2 aliphatic heterocycles. The van der Waals surface area contributed by atoms with Crippen LogP contribution in [0, 0.1) is 5.92 Å². The number of hydrogen-bond acceptors (Lipinski definition) is 5. The maximum atomic E-state index is 12.4. The van der Waals surface area contributed by atoms with Crippen LogP contribution in [-0.4, -0.2) is 53.1 Å². The van der Waals surface area contributed by atoms with E-state index < -0.39 is 6.10 Å². The molecule has 3 unspecified atom stereocenters. The molecule has 21 heavy (non-hydrogen) atoms. The van der Waals surface area contributed by atoms with Gasteiger partial charge in [-0.3, -0.25) is 9.59 Å². The van der Waals surface area contributed by atoms with Crippen LogP contribution < -0.4 is 16.2 Å². The van der Waals surface area contributed by atoms with Gasteiger partial charge in [0.2, 0.25) is 5.91 Å². The number of nitrogens with one attached hydrogen (secondary N) is 3. The van der Waals surface area contributed by atoms with Gasteiger partial charge in [0.05, 0.1) is 12.1 Å². The molecule has 3 rings (SSSR count). The molecule has 0 spiro atoms. The van der Waals surface area contributed by atoms with Gasteiger partial charge in [0.25, 0.3) is 5.91 Å². The number of rotatable bonds is 4. The van der Waals surface area contributed by atoms with E-state index in [2.05, 4.69) is 16.2 Å². The summed E-state index contributed by atoms with van der Waals surface area (Å²) in [4.78, 5) is 25.8. The first kappa shape index (κ1) is 14.3. The van der Waals surface area contributed by atoms with Gasteiger partial charge in [-0.25, -0.2) is 5.43 Å². The van der Waals surface area contributed by atoms with Crippen molar-refractivity contribution >= 4 is 11.8 Å². The Bertz CT molecular complexity index is 473. The fourth-order valence-electron chi connectivity index (χ4n) is 2.71. The second-order valence-electron chi connectivity index (χ2n) is 6.14. The van der Waals surface area contributed by atoms with Crippen LogP contribution >= 0.6 is 0 Å². The highest BCUT2D eigenvalue weighted by Gasteiger charge is 2.35. The van der Waals surface area contributed by atoms with Gasteiger partial charge in [-0.1, -0.05) is 0 Å². The van der Waals surface area contributed by atoms with E-state index in [1.165, 1.54) is 0 Å². The molecule has 116 valence electrons. The maximum Gasteiger partial charge on any atom is 0.271 e. The van der Waals surface area contributed by atoms with E-state index in [-0.39, 0.29) is 29.8 Å². The molecule has 3 atom stereocenters. The smallest absolute Gasteiger partial charge is 0.271 e. The molecule has 1 saturated heterocycles. The second kappa shape index (κ2) is 5.65. The Labute approximate surface area is 123 Å². The number of nitrogens with zero attached hydrogens (tertiary/aromatic N) is 1. The molecule has 7 nitrogen and oxygen atoms in total. The van der Waals surface area contributed by atoms with Crippen LogP contribution in [0.4, 0.5) is 0 Å². The number of likely N-dealkylation sites (tertiary alicyclic amines) is 1. The normalized spacial score (nSPS) is 29.8. The molecule has 1 aliphatic carbocycles. The topological polar surface area (TPSA) is 93.7 Å². The van der Waals surface area contributed by atoms with E-state index in [9.17, 15) is 14.7 Å². The standard InChI is InChI=1S/C14H22N4O3/c1-8(19)11-6-12(17-16-11)14(21)18-5-4-10(7-18)15-13(20)9-2-3-9/h6,8-11,16-17,19H,2-5,7H2,1H3,(H,15,20). The van der Waals surface area contributed by atoms with E-state index >= 15 is 0 Å². The lowest BCUT2D eigenvalue weighted by atomic mass is 10.2. The first-order valence-electron chi connectivity index (χ1n) is 7.55. The van der Waals surface area contributed by atoms with Crippen LogP contribution in [-0.2, 0) is 9.59 Å².